The van der Waals surface area contributed by atoms with Gasteiger partial charge in [-0.3, -0.25) is 0 Å². The normalized spacial score (nSPS) is 11.5. The van der Waals surface area contributed by atoms with Gasteiger partial charge in [-0.15, -0.1) is 0 Å². The van der Waals surface area contributed by atoms with Gasteiger partial charge < -0.3 is 9.84 Å². The average molecular weight is 314 g/mol. The third kappa shape index (κ3) is 3.92. The predicted octanol–water partition coefficient (Wildman–Crippen LogP) is 4.36. The lowest BCUT2D eigenvalue weighted by molar-refractivity contribution is -0.139. The van der Waals surface area contributed by atoms with Crippen LogP contribution in [0.3, 0.4) is 0 Å². The van der Waals surface area contributed by atoms with E-state index < -0.39 is 18.3 Å². The smallest absolute Gasteiger partial charge is 0.417 e. The molecule has 0 unspecified atom stereocenters. The predicted molar refractivity (Wildman–Crippen MR) is 74.5 cm³/mol. The van der Waals surface area contributed by atoms with E-state index in [0.29, 0.717) is 10.6 Å². The van der Waals surface area contributed by atoms with Crippen molar-refractivity contribution in [2.24, 2.45) is 0 Å². The zero-order chi connectivity index (χ0) is 15.5. The van der Waals surface area contributed by atoms with Gasteiger partial charge in [-0.1, -0.05) is 23.9 Å². The molecule has 0 saturated carbocycles. The lowest BCUT2D eigenvalue weighted by atomic mass is 10.1. The number of aliphatic hydroxyl groups is 1. The van der Waals surface area contributed by atoms with Crippen molar-refractivity contribution in [1.29, 1.82) is 0 Å². The summed E-state index contributed by atoms with van der Waals surface area (Å²) in [6.45, 7) is -0.423. The minimum atomic E-state index is -4.47. The fourth-order valence-electron chi connectivity index (χ4n) is 1.78. The summed E-state index contributed by atoms with van der Waals surface area (Å²) in [5.41, 5.74) is -0.515. The number of benzene rings is 2. The van der Waals surface area contributed by atoms with Gasteiger partial charge in [0.15, 0.2) is 0 Å². The Hall–Kier alpha value is -1.66. The van der Waals surface area contributed by atoms with E-state index in [0.717, 1.165) is 17.8 Å². The van der Waals surface area contributed by atoms with Crippen molar-refractivity contribution in [3.05, 3.63) is 53.6 Å². The van der Waals surface area contributed by atoms with Crippen LogP contribution in [0.1, 0.15) is 11.1 Å². The molecule has 0 atom stereocenters. The van der Waals surface area contributed by atoms with Gasteiger partial charge in [0.25, 0.3) is 0 Å². The number of hydrogen-bond acceptors (Lipinski definition) is 3. The lowest BCUT2D eigenvalue weighted by Crippen LogP contribution is -2.07. The van der Waals surface area contributed by atoms with Gasteiger partial charge in [0.05, 0.1) is 19.3 Å². The van der Waals surface area contributed by atoms with Gasteiger partial charge in [-0.2, -0.15) is 13.2 Å². The molecule has 0 aliphatic heterocycles. The van der Waals surface area contributed by atoms with Crippen molar-refractivity contribution >= 4 is 11.8 Å². The third-order valence-corrected chi connectivity index (χ3v) is 3.87. The number of methoxy groups -OCH3 is 1. The van der Waals surface area contributed by atoms with Crippen molar-refractivity contribution in [2.75, 3.05) is 7.11 Å². The highest BCUT2D eigenvalue weighted by atomic mass is 32.2. The third-order valence-electron chi connectivity index (χ3n) is 2.80. The molecular formula is C15H13F3O2S. The van der Waals surface area contributed by atoms with Gasteiger partial charge in [0.1, 0.15) is 5.75 Å². The number of ether oxygens (including phenoxy) is 1. The minimum Gasteiger partial charge on any atom is -0.497 e. The van der Waals surface area contributed by atoms with E-state index in [-0.39, 0.29) is 10.5 Å². The fourth-order valence-corrected chi connectivity index (χ4v) is 2.77. The van der Waals surface area contributed by atoms with Crippen LogP contribution in [-0.4, -0.2) is 12.2 Å². The first kappa shape index (κ1) is 15.7. The molecule has 2 aromatic carbocycles. The lowest BCUT2D eigenvalue weighted by Gasteiger charge is -2.14. The van der Waals surface area contributed by atoms with Gasteiger partial charge >= 0.3 is 6.18 Å². The number of alkyl halides is 3. The van der Waals surface area contributed by atoms with Gasteiger partial charge in [0.2, 0.25) is 0 Å². The summed E-state index contributed by atoms with van der Waals surface area (Å²) in [7, 11) is 1.50. The molecule has 112 valence electrons. The van der Waals surface area contributed by atoms with Crippen molar-refractivity contribution < 1.29 is 23.0 Å². The topological polar surface area (TPSA) is 29.5 Å². The minimum absolute atomic E-state index is 0.0907. The Kier molecular flexibility index (Phi) is 4.80. The molecule has 0 spiro atoms. The first-order valence-corrected chi connectivity index (χ1v) is 6.88. The Morgan fingerprint density at radius 3 is 2.52 bits per heavy atom. The van der Waals surface area contributed by atoms with Gasteiger partial charge in [-0.05, 0) is 35.9 Å². The standard InChI is InChI=1S/C15H13F3O2S/c1-20-11-3-2-4-12(8-11)21-14-6-5-10(9-19)7-13(14)15(16,17)18/h2-8,19H,9H2,1H3. The Bertz CT molecular complexity index is 627. The van der Waals surface area contributed by atoms with Crippen molar-refractivity contribution in [2.45, 2.75) is 22.6 Å². The molecule has 0 aliphatic carbocycles. The molecule has 0 fully saturated rings. The highest BCUT2D eigenvalue weighted by Gasteiger charge is 2.33. The Balaban J connectivity index is 2.39. The molecule has 0 amide bonds. The molecule has 0 radical (unpaired) electrons. The number of hydrogen-bond donors (Lipinski definition) is 1. The maximum atomic E-state index is 13.1. The van der Waals surface area contributed by atoms with E-state index in [1.54, 1.807) is 24.3 Å². The van der Waals surface area contributed by atoms with E-state index in [1.165, 1.54) is 19.2 Å². The van der Waals surface area contributed by atoms with Crippen LogP contribution in [-0.2, 0) is 12.8 Å². The average Bonchev–Trinajstić information content (AvgIpc) is 2.46. The van der Waals surface area contributed by atoms with Crippen molar-refractivity contribution in [3.8, 4) is 5.75 Å². The van der Waals surface area contributed by atoms with Crippen molar-refractivity contribution in [3.63, 3.8) is 0 Å². The van der Waals surface area contributed by atoms with Crippen LogP contribution in [0.25, 0.3) is 0 Å². The summed E-state index contributed by atoms with van der Waals surface area (Å²) in [4.78, 5) is 0.740. The summed E-state index contributed by atoms with van der Waals surface area (Å²) in [6.07, 6.45) is -4.47. The maximum absolute atomic E-state index is 13.1. The monoisotopic (exact) mass is 314 g/mol. The van der Waals surface area contributed by atoms with Crippen LogP contribution in [0.5, 0.6) is 5.75 Å². The highest BCUT2D eigenvalue weighted by molar-refractivity contribution is 7.99. The van der Waals surface area contributed by atoms with Crippen LogP contribution >= 0.6 is 11.8 Å². The van der Waals surface area contributed by atoms with Crippen LogP contribution in [0.15, 0.2) is 52.3 Å². The number of aliphatic hydroxyl groups excluding tert-OH is 1. The van der Waals surface area contributed by atoms with E-state index in [1.807, 2.05) is 0 Å². The molecule has 2 nitrogen and oxygen atoms in total. The van der Waals surface area contributed by atoms with E-state index in [2.05, 4.69) is 0 Å². The molecule has 0 saturated heterocycles. The maximum Gasteiger partial charge on any atom is 0.417 e. The molecule has 6 heteroatoms. The summed E-state index contributed by atoms with van der Waals surface area (Å²) >= 11 is 1.01. The summed E-state index contributed by atoms with van der Waals surface area (Å²) in [5, 5.41) is 8.99. The summed E-state index contributed by atoms with van der Waals surface area (Å²) in [5.74, 6) is 0.584. The Morgan fingerprint density at radius 1 is 1.14 bits per heavy atom. The molecule has 2 aromatic rings. The SMILES string of the molecule is COc1cccc(Sc2ccc(CO)cc2C(F)(F)F)c1. The van der Waals surface area contributed by atoms with Crippen LogP contribution in [0.4, 0.5) is 13.2 Å². The first-order chi connectivity index (χ1) is 9.94. The zero-order valence-corrected chi connectivity index (χ0v) is 12.0. The second-order valence-corrected chi connectivity index (χ2v) is 5.38. The largest absolute Gasteiger partial charge is 0.497 e. The van der Waals surface area contributed by atoms with E-state index in [9.17, 15) is 13.2 Å². The van der Waals surface area contributed by atoms with E-state index in [4.69, 9.17) is 9.84 Å². The fraction of sp³-hybridized carbons (Fsp3) is 0.200. The summed E-state index contributed by atoms with van der Waals surface area (Å²) < 4.78 is 44.3. The van der Waals surface area contributed by atoms with Gasteiger partial charge in [-0.25, -0.2) is 0 Å². The number of rotatable bonds is 4. The van der Waals surface area contributed by atoms with Crippen LogP contribution in [0.2, 0.25) is 0 Å². The Morgan fingerprint density at radius 2 is 1.90 bits per heavy atom. The number of halogens is 3. The van der Waals surface area contributed by atoms with E-state index >= 15 is 0 Å². The molecule has 2 rings (SSSR count). The molecular weight excluding hydrogens is 301 g/mol. The first-order valence-electron chi connectivity index (χ1n) is 6.07. The Labute approximate surface area is 124 Å². The molecule has 21 heavy (non-hydrogen) atoms. The summed E-state index contributed by atoms with van der Waals surface area (Å²) in [6, 6.07) is 10.7. The quantitative estimate of drug-likeness (QED) is 0.909. The highest BCUT2D eigenvalue weighted by Crippen LogP contribution is 2.40. The molecule has 1 N–H and O–H groups in total. The molecule has 0 heterocycles. The zero-order valence-electron chi connectivity index (χ0n) is 11.1. The molecule has 0 bridgehead atoms. The van der Waals surface area contributed by atoms with Crippen LogP contribution in [0, 0.1) is 0 Å². The van der Waals surface area contributed by atoms with Crippen LogP contribution < -0.4 is 4.74 Å². The molecule has 0 aromatic heterocycles. The van der Waals surface area contributed by atoms with Gasteiger partial charge in [0, 0.05) is 9.79 Å². The second-order valence-electron chi connectivity index (χ2n) is 4.27. The van der Waals surface area contributed by atoms with Crippen molar-refractivity contribution in [1.82, 2.24) is 0 Å². The second kappa shape index (κ2) is 6.41. The molecule has 0 aliphatic rings.